The number of amides is 2. The molecule has 23 heavy (non-hydrogen) atoms. The molecule has 0 aliphatic carbocycles. The van der Waals surface area contributed by atoms with Crippen LogP contribution in [0.15, 0.2) is 18.2 Å². The van der Waals surface area contributed by atoms with Gasteiger partial charge in [-0.1, -0.05) is 45.9 Å². The normalized spacial score (nSPS) is 12.5. The summed E-state index contributed by atoms with van der Waals surface area (Å²) in [5.41, 5.74) is 3.16. The van der Waals surface area contributed by atoms with Gasteiger partial charge in [-0.05, 0) is 29.4 Å². The number of carbonyl (C=O) groups excluding carboxylic acids is 1. The van der Waals surface area contributed by atoms with E-state index in [2.05, 4.69) is 50.5 Å². The van der Waals surface area contributed by atoms with Crippen LogP contribution in [0.5, 0.6) is 0 Å². The molecule has 0 aliphatic rings. The fourth-order valence-corrected chi connectivity index (χ4v) is 2.48. The van der Waals surface area contributed by atoms with E-state index in [-0.39, 0.29) is 12.6 Å². The molecule has 0 aliphatic heterocycles. The van der Waals surface area contributed by atoms with Crippen molar-refractivity contribution in [2.24, 2.45) is 0 Å². The largest absolute Gasteiger partial charge is 0.391 e. The Morgan fingerprint density at radius 2 is 1.74 bits per heavy atom. The van der Waals surface area contributed by atoms with Gasteiger partial charge in [0.15, 0.2) is 0 Å². The minimum Gasteiger partial charge on any atom is -0.391 e. The van der Waals surface area contributed by atoms with Crippen LogP contribution in [0.4, 0.5) is 10.5 Å². The first-order valence-electron chi connectivity index (χ1n) is 8.21. The third kappa shape index (κ3) is 6.20. The maximum Gasteiger partial charge on any atom is 0.319 e. The molecule has 0 spiro atoms. The minimum atomic E-state index is -0.561. The summed E-state index contributed by atoms with van der Waals surface area (Å²) in [4.78, 5) is 12.2. The molecular formula is C18H30N2O3. The quantitative estimate of drug-likeness (QED) is 0.686. The van der Waals surface area contributed by atoms with Crippen LogP contribution < -0.4 is 10.6 Å². The van der Waals surface area contributed by atoms with Crippen LogP contribution in [0.3, 0.4) is 0 Å². The monoisotopic (exact) mass is 322 g/mol. The molecular weight excluding hydrogens is 292 g/mol. The number of benzene rings is 1. The number of urea groups is 1. The van der Waals surface area contributed by atoms with Gasteiger partial charge in [0.2, 0.25) is 0 Å². The lowest BCUT2D eigenvalue weighted by atomic mass is 9.93. The molecule has 130 valence electrons. The second-order valence-electron chi connectivity index (χ2n) is 6.40. The maximum absolute atomic E-state index is 12.2. The molecule has 0 radical (unpaired) electrons. The summed E-state index contributed by atoms with van der Waals surface area (Å²) in [6.07, 6.45) is -0.0982. The molecule has 3 N–H and O–H groups in total. The molecule has 0 aromatic heterocycles. The first-order valence-corrected chi connectivity index (χ1v) is 8.21. The Kier molecular flexibility index (Phi) is 8.06. The molecule has 1 aromatic rings. The van der Waals surface area contributed by atoms with Gasteiger partial charge in [-0.2, -0.15) is 0 Å². The van der Waals surface area contributed by atoms with E-state index in [1.807, 2.05) is 6.07 Å². The third-order valence-electron chi connectivity index (χ3n) is 3.73. The van der Waals surface area contributed by atoms with Gasteiger partial charge >= 0.3 is 6.03 Å². The van der Waals surface area contributed by atoms with Crippen molar-refractivity contribution in [1.82, 2.24) is 5.32 Å². The van der Waals surface area contributed by atoms with Gasteiger partial charge in [0.1, 0.15) is 0 Å². The van der Waals surface area contributed by atoms with E-state index in [9.17, 15) is 9.90 Å². The average molecular weight is 322 g/mol. The zero-order valence-electron chi connectivity index (χ0n) is 14.8. The van der Waals surface area contributed by atoms with Gasteiger partial charge in [0.25, 0.3) is 0 Å². The highest BCUT2D eigenvalue weighted by molar-refractivity contribution is 5.91. The lowest BCUT2D eigenvalue weighted by Gasteiger charge is -2.20. The Labute approximate surface area is 139 Å². The second kappa shape index (κ2) is 9.53. The molecule has 1 atom stereocenters. The summed E-state index contributed by atoms with van der Waals surface area (Å²) >= 11 is 0. The van der Waals surface area contributed by atoms with Crippen LogP contribution in [0, 0.1) is 0 Å². The van der Waals surface area contributed by atoms with Gasteiger partial charge in [0, 0.05) is 19.3 Å². The Balaban J connectivity index is 2.73. The number of anilines is 1. The fraction of sp³-hybridized carbons (Fsp3) is 0.611. The fourth-order valence-electron chi connectivity index (χ4n) is 2.48. The first kappa shape index (κ1) is 19.5. The molecule has 2 amide bonds. The molecule has 1 rings (SSSR count). The zero-order chi connectivity index (χ0) is 17.4. The second-order valence-corrected chi connectivity index (χ2v) is 6.40. The minimum absolute atomic E-state index is 0.246. The van der Waals surface area contributed by atoms with Crippen LogP contribution in [-0.4, -0.2) is 37.5 Å². The van der Waals surface area contributed by atoms with E-state index in [0.717, 1.165) is 16.8 Å². The topological polar surface area (TPSA) is 70.6 Å². The number of carbonyl (C=O) groups is 1. The summed E-state index contributed by atoms with van der Waals surface area (Å²) in [6.45, 7) is 9.13. The van der Waals surface area contributed by atoms with Crippen molar-refractivity contribution in [2.45, 2.75) is 52.1 Å². The lowest BCUT2D eigenvalue weighted by Crippen LogP contribution is -2.32. The SMILES string of the molecule is COCC(O)CCNC(=O)Nc1c(C(C)C)cccc1C(C)C. The van der Waals surface area contributed by atoms with Crippen molar-refractivity contribution >= 4 is 11.7 Å². The highest BCUT2D eigenvalue weighted by atomic mass is 16.5. The third-order valence-corrected chi connectivity index (χ3v) is 3.73. The molecule has 0 saturated heterocycles. The molecule has 0 saturated carbocycles. The molecule has 0 bridgehead atoms. The van der Waals surface area contributed by atoms with E-state index in [1.54, 1.807) is 7.11 Å². The number of rotatable bonds is 8. The summed E-state index contributed by atoms with van der Waals surface area (Å²) in [7, 11) is 1.54. The summed E-state index contributed by atoms with van der Waals surface area (Å²) < 4.78 is 4.86. The first-order chi connectivity index (χ1) is 10.9. The van der Waals surface area contributed by atoms with E-state index >= 15 is 0 Å². The Hall–Kier alpha value is -1.59. The molecule has 0 fully saturated rings. The van der Waals surface area contributed by atoms with Crippen LogP contribution in [-0.2, 0) is 4.74 Å². The van der Waals surface area contributed by atoms with Crippen LogP contribution in [0.25, 0.3) is 0 Å². The van der Waals surface area contributed by atoms with Crippen molar-refractivity contribution in [3.63, 3.8) is 0 Å². The number of aliphatic hydroxyl groups is 1. The Morgan fingerprint density at radius 1 is 1.17 bits per heavy atom. The smallest absolute Gasteiger partial charge is 0.319 e. The van der Waals surface area contributed by atoms with E-state index in [1.165, 1.54) is 0 Å². The van der Waals surface area contributed by atoms with Gasteiger partial charge in [-0.25, -0.2) is 4.79 Å². The van der Waals surface area contributed by atoms with Crippen molar-refractivity contribution in [1.29, 1.82) is 0 Å². The highest BCUT2D eigenvalue weighted by Gasteiger charge is 2.15. The van der Waals surface area contributed by atoms with E-state index in [0.29, 0.717) is 24.8 Å². The highest BCUT2D eigenvalue weighted by Crippen LogP contribution is 2.32. The molecule has 1 aromatic carbocycles. The zero-order valence-corrected chi connectivity index (χ0v) is 14.8. The van der Waals surface area contributed by atoms with Crippen molar-refractivity contribution < 1.29 is 14.6 Å². The van der Waals surface area contributed by atoms with Crippen molar-refractivity contribution in [3.05, 3.63) is 29.3 Å². The number of nitrogens with one attached hydrogen (secondary N) is 2. The molecule has 5 heteroatoms. The standard InChI is InChI=1S/C18H30N2O3/c1-12(2)15-7-6-8-16(13(3)4)17(15)20-18(22)19-10-9-14(21)11-23-5/h6-8,12-14,21H,9-11H2,1-5H3,(H2,19,20,22). The van der Waals surface area contributed by atoms with Crippen molar-refractivity contribution in [3.8, 4) is 0 Å². The van der Waals surface area contributed by atoms with Gasteiger partial charge in [-0.15, -0.1) is 0 Å². The Morgan fingerprint density at radius 3 is 2.22 bits per heavy atom. The number of ether oxygens (including phenoxy) is 1. The van der Waals surface area contributed by atoms with Gasteiger partial charge < -0.3 is 20.5 Å². The van der Waals surface area contributed by atoms with Crippen molar-refractivity contribution in [2.75, 3.05) is 25.6 Å². The molecule has 1 unspecified atom stereocenters. The maximum atomic E-state index is 12.2. The van der Waals surface area contributed by atoms with Crippen LogP contribution in [0.1, 0.15) is 57.1 Å². The lowest BCUT2D eigenvalue weighted by molar-refractivity contribution is 0.0599. The number of aliphatic hydroxyl groups excluding tert-OH is 1. The Bertz CT molecular complexity index is 475. The van der Waals surface area contributed by atoms with Crippen LogP contribution >= 0.6 is 0 Å². The summed E-state index contributed by atoms with van der Waals surface area (Å²) in [5, 5.41) is 15.4. The number of hydrogen-bond acceptors (Lipinski definition) is 3. The summed E-state index contributed by atoms with van der Waals surface area (Å²) in [6, 6.07) is 5.89. The predicted molar refractivity (Wildman–Crippen MR) is 94.1 cm³/mol. The summed E-state index contributed by atoms with van der Waals surface area (Å²) in [5.74, 6) is 0.653. The van der Waals surface area contributed by atoms with Gasteiger partial charge in [-0.3, -0.25) is 0 Å². The predicted octanol–water partition coefficient (Wildman–Crippen LogP) is 3.45. The molecule has 5 nitrogen and oxygen atoms in total. The number of hydrogen-bond donors (Lipinski definition) is 3. The molecule has 0 heterocycles. The number of para-hydroxylation sites is 1. The van der Waals surface area contributed by atoms with E-state index in [4.69, 9.17) is 4.74 Å². The van der Waals surface area contributed by atoms with E-state index < -0.39 is 6.10 Å². The van der Waals surface area contributed by atoms with Crippen LogP contribution in [0.2, 0.25) is 0 Å². The number of methoxy groups -OCH3 is 1. The van der Waals surface area contributed by atoms with Gasteiger partial charge in [0.05, 0.1) is 12.7 Å². The average Bonchev–Trinajstić information content (AvgIpc) is 2.47.